The van der Waals surface area contributed by atoms with Gasteiger partial charge in [-0.1, -0.05) is 18.2 Å². The SMILES string of the molecule is Cc1cc(C)nc([NH+]=C(N)Nc2ccc(Oc3ccccc3)cc2)n1. The van der Waals surface area contributed by atoms with E-state index in [-0.39, 0.29) is 0 Å². The van der Waals surface area contributed by atoms with Gasteiger partial charge in [-0.2, -0.15) is 0 Å². The van der Waals surface area contributed by atoms with Gasteiger partial charge < -0.3 is 10.5 Å². The number of para-hydroxylation sites is 1. The molecule has 3 aromatic rings. The van der Waals surface area contributed by atoms with E-state index in [1.165, 1.54) is 0 Å². The Hall–Kier alpha value is -3.41. The first kappa shape index (κ1) is 16.4. The van der Waals surface area contributed by atoms with E-state index in [1.807, 2.05) is 74.5 Å². The van der Waals surface area contributed by atoms with E-state index in [0.29, 0.717) is 11.9 Å². The lowest BCUT2D eigenvalue weighted by Gasteiger charge is -2.06. The maximum absolute atomic E-state index is 5.98. The van der Waals surface area contributed by atoms with Crippen LogP contribution in [0, 0.1) is 13.8 Å². The summed E-state index contributed by atoms with van der Waals surface area (Å²) in [6.45, 7) is 3.82. The summed E-state index contributed by atoms with van der Waals surface area (Å²) in [7, 11) is 0. The van der Waals surface area contributed by atoms with Gasteiger partial charge in [-0.15, -0.1) is 9.97 Å². The second kappa shape index (κ2) is 7.44. The van der Waals surface area contributed by atoms with Crippen molar-refractivity contribution in [2.75, 3.05) is 5.32 Å². The van der Waals surface area contributed by atoms with Crippen LogP contribution in [-0.4, -0.2) is 15.9 Å². The fraction of sp³-hybridized carbons (Fsp3) is 0.105. The standard InChI is InChI=1S/C19H19N5O/c1-13-12-14(2)22-19(21-13)24-18(20)23-15-8-10-17(11-9-15)25-16-6-4-3-5-7-16/h3-12H,1-2H3,(H3,20,21,22,23,24)/p+1. The van der Waals surface area contributed by atoms with Crippen molar-refractivity contribution in [3.63, 3.8) is 0 Å². The van der Waals surface area contributed by atoms with Crippen LogP contribution in [0.25, 0.3) is 0 Å². The van der Waals surface area contributed by atoms with Crippen LogP contribution in [0.4, 0.5) is 11.6 Å². The van der Waals surface area contributed by atoms with Gasteiger partial charge in [-0.3, -0.25) is 5.32 Å². The first-order chi connectivity index (χ1) is 12.1. The van der Waals surface area contributed by atoms with Crippen molar-refractivity contribution in [2.24, 2.45) is 5.73 Å². The minimum atomic E-state index is 0.349. The summed E-state index contributed by atoms with van der Waals surface area (Å²) in [4.78, 5) is 11.5. The number of anilines is 1. The topological polar surface area (TPSA) is 87.0 Å². The molecule has 0 spiro atoms. The minimum absolute atomic E-state index is 0.349. The molecule has 0 aliphatic heterocycles. The number of rotatable bonds is 4. The van der Waals surface area contributed by atoms with E-state index in [9.17, 15) is 0 Å². The van der Waals surface area contributed by atoms with Gasteiger partial charge in [0, 0.05) is 6.07 Å². The smallest absolute Gasteiger partial charge is 0.354 e. The van der Waals surface area contributed by atoms with Gasteiger partial charge in [0.25, 0.3) is 5.96 Å². The molecular weight excluding hydrogens is 314 g/mol. The first-order valence-corrected chi connectivity index (χ1v) is 7.90. The summed E-state index contributed by atoms with van der Waals surface area (Å²) >= 11 is 0. The van der Waals surface area contributed by atoms with E-state index in [1.54, 1.807) is 0 Å². The molecule has 0 saturated carbocycles. The molecule has 0 aliphatic carbocycles. The van der Waals surface area contributed by atoms with Crippen LogP contribution < -0.4 is 20.8 Å². The molecule has 0 radical (unpaired) electrons. The lowest BCUT2D eigenvalue weighted by molar-refractivity contribution is -0.365. The number of nitrogens with zero attached hydrogens (tertiary/aromatic N) is 2. The molecule has 1 heterocycles. The third-order valence-electron chi connectivity index (χ3n) is 3.34. The number of aromatic nitrogens is 2. The lowest BCUT2D eigenvalue weighted by Crippen LogP contribution is -2.72. The number of benzene rings is 2. The van der Waals surface area contributed by atoms with Crippen molar-refractivity contribution in [1.82, 2.24) is 9.97 Å². The number of hydrogen-bond donors (Lipinski definition) is 3. The summed E-state index contributed by atoms with van der Waals surface area (Å²) < 4.78 is 5.76. The van der Waals surface area contributed by atoms with E-state index in [2.05, 4.69) is 20.3 Å². The van der Waals surface area contributed by atoms with Crippen LogP contribution in [0.15, 0.2) is 60.7 Å². The van der Waals surface area contributed by atoms with E-state index in [0.717, 1.165) is 28.6 Å². The number of nitrogens with one attached hydrogen (secondary N) is 2. The lowest BCUT2D eigenvalue weighted by atomic mass is 10.3. The van der Waals surface area contributed by atoms with E-state index < -0.39 is 0 Å². The summed E-state index contributed by atoms with van der Waals surface area (Å²) in [5.41, 5.74) is 8.57. The van der Waals surface area contributed by atoms with Gasteiger partial charge in [-0.05, 0) is 50.2 Å². The Kier molecular flexibility index (Phi) is 4.89. The maximum atomic E-state index is 5.98. The largest absolute Gasteiger partial charge is 0.457 e. The fourth-order valence-electron chi connectivity index (χ4n) is 2.32. The van der Waals surface area contributed by atoms with E-state index in [4.69, 9.17) is 10.5 Å². The van der Waals surface area contributed by atoms with Crippen molar-refractivity contribution >= 4 is 17.6 Å². The van der Waals surface area contributed by atoms with Crippen molar-refractivity contribution in [3.05, 3.63) is 72.1 Å². The number of nitrogens with two attached hydrogens (primary N) is 1. The number of hydrogen-bond acceptors (Lipinski definition) is 3. The first-order valence-electron chi connectivity index (χ1n) is 7.90. The summed E-state index contributed by atoms with van der Waals surface area (Å²) in [6, 6.07) is 19.0. The van der Waals surface area contributed by atoms with Crippen molar-refractivity contribution in [3.8, 4) is 11.5 Å². The highest BCUT2D eigenvalue weighted by Crippen LogP contribution is 2.22. The quantitative estimate of drug-likeness (QED) is 0.502. The number of aryl methyl sites for hydroxylation is 2. The highest BCUT2D eigenvalue weighted by Gasteiger charge is 2.06. The second-order valence-electron chi connectivity index (χ2n) is 5.58. The molecule has 1 aromatic heterocycles. The summed E-state index contributed by atoms with van der Waals surface area (Å²) in [5.74, 6) is 2.36. The molecule has 2 aromatic carbocycles. The third kappa shape index (κ3) is 4.78. The average Bonchev–Trinajstić information content (AvgIpc) is 2.56. The summed E-state index contributed by atoms with van der Waals surface area (Å²) in [6.07, 6.45) is 0. The van der Waals surface area contributed by atoms with Crippen LogP contribution in [0.3, 0.4) is 0 Å². The molecular formula is C19H20N5O+. The van der Waals surface area contributed by atoms with Crippen molar-refractivity contribution < 1.29 is 9.73 Å². The van der Waals surface area contributed by atoms with Gasteiger partial charge in [-0.25, -0.2) is 4.99 Å². The molecule has 0 amide bonds. The molecule has 0 atom stereocenters. The molecule has 0 unspecified atom stereocenters. The zero-order valence-corrected chi connectivity index (χ0v) is 14.2. The molecule has 0 fully saturated rings. The Balaban J connectivity index is 1.67. The van der Waals surface area contributed by atoms with Crippen molar-refractivity contribution in [1.29, 1.82) is 0 Å². The van der Waals surface area contributed by atoms with Gasteiger partial charge in [0.15, 0.2) is 0 Å². The predicted molar refractivity (Wildman–Crippen MR) is 97.9 cm³/mol. The van der Waals surface area contributed by atoms with Crippen LogP contribution in [-0.2, 0) is 0 Å². The number of ether oxygens (including phenoxy) is 1. The van der Waals surface area contributed by atoms with Crippen LogP contribution in [0.2, 0.25) is 0 Å². The van der Waals surface area contributed by atoms with Crippen LogP contribution in [0.5, 0.6) is 11.5 Å². The van der Waals surface area contributed by atoms with Gasteiger partial charge in [0.05, 0.1) is 17.1 Å². The monoisotopic (exact) mass is 334 g/mol. The predicted octanol–water partition coefficient (Wildman–Crippen LogP) is 2.02. The molecule has 6 nitrogen and oxygen atoms in total. The highest BCUT2D eigenvalue weighted by molar-refractivity contribution is 5.88. The minimum Gasteiger partial charge on any atom is -0.457 e. The van der Waals surface area contributed by atoms with E-state index >= 15 is 0 Å². The van der Waals surface area contributed by atoms with Gasteiger partial charge >= 0.3 is 5.95 Å². The normalized spacial score (nSPS) is 11.2. The Morgan fingerprint density at radius 3 is 2.16 bits per heavy atom. The van der Waals surface area contributed by atoms with Crippen molar-refractivity contribution in [2.45, 2.75) is 13.8 Å². The molecule has 0 aliphatic rings. The van der Waals surface area contributed by atoms with Crippen LogP contribution in [0.1, 0.15) is 11.4 Å². The Labute approximate surface area is 146 Å². The molecule has 4 N–H and O–H groups in total. The average molecular weight is 334 g/mol. The third-order valence-corrected chi connectivity index (χ3v) is 3.34. The molecule has 0 saturated heterocycles. The second-order valence-corrected chi connectivity index (χ2v) is 5.58. The summed E-state index contributed by atoms with van der Waals surface area (Å²) in [5, 5.41) is 3.07. The fourth-order valence-corrected chi connectivity index (χ4v) is 2.32. The Bertz CT molecular complexity index is 856. The molecule has 6 heteroatoms. The Morgan fingerprint density at radius 1 is 0.920 bits per heavy atom. The highest BCUT2D eigenvalue weighted by atomic mass is 16.5. The van der Waals surface area contributed by atoms with Gasteiger partial charge in [0.2, 0.25) is 0 Å². The Morgan fingerprint density at radius 2 is 1.52 bits per heavy atom. The maximum Gasteiger partial charge on any atom is 0.354 e. The molecule has 25 heavy (non-hydrogen) atoms. The molecule has 3 rings (SSSR count). The van der Waals surface area contributed by atoms with Gasteiger partial charge in [0.1, 0.15) is 11.5 Å². The molecule has 0 bridgehead atoms. The number of guanidine groups is 1. The molecule has 126 valence electrons. The van der Waals surface area contributed by atoms with Crippen LogP contribution >= 0.6 is 0 Å². The zero-order chi connectivity index (χ0) is 17.6. The zero-order valence-electron chi connectivity index (χ0n) is 14.2.